The van der Waals surface area contributed by atoms with E-state index in [-0.39, 0.29) is 0 Å². The van der Waals surface area contributed by atoms with E-state index in [1.54, 1.807) is 22.7 Å². The minimum atomic E-state index is 0.661. The van der Waals surface area contributed by atoms with Crippen LogP contribution in [0.3, 0.4) is 0 Å². The van der Waals surface area contributed by atoms with Gasteiger partial charge in [-0.05, 0) is 12.8 Å². The van der Waals surface area contributed by atoms with Crippen LogP contribution in [0.4, 0.5) is 5.13 Å². The lowest BCUT2D eigenvalue weighted by atomic mass is 10.1. The maximum atomic E-state index is 5.87. The summed E-state index contributed by atoms with van der Waals surface area (Å²) in [6.45, 7) is 0. The maximum absolute atomic E-state index is 5.87. The molecule has 0 unspecified atom stereocenters. The van der Waals surface area contributed by atoms with Crippen molar-refractivity contribution in [3.05, 3.63) is 47.1 Å². The highest BCUT2D eigenvalue weighted by Gasteiger charge is 2.25. The van der Waals surface area contributed by atoms with Gasteiger partial charge in [-0.25, -0.2) is 9.97 Å². The summed E-state index contributed by atoms with van der Waals surface area (Å²) in [6.07, 6.45) is 4.18. The van der Waals surface area contributed by atoms with E-state index in [2.05, 4.69) is 27.7 Å². The molecule has 0 amide bonds. The third kappa shape index (κ3) is 1.68. The van der Waals surface area contributed by atoms with Crippen LogP contribution < -0.4 is 5.73 Å². The fourth-order valence-corrected chi connectivity index (χ4v) is 5.08. The molecule has 0 aliphatic heterocycles. The first-order chi connectivity index (χ1) is 10.8. The number of nitrogens with zero attached hydrogens (tertiary/aromatic N) is 3. The normalized spacial score (nSPS) is 13.3. The van der Waals surface area contributed by atoms with Gasteiger partial charge in [-0.1, -0.05) is 41.7 Å². The molecule has 0 radical (unpaired) electrons. The Balaban J connectivity index is 1.71. The van der Waals surface area contributed by atoms with E-state index >= 15 is 0 Å². The molecule has 0 fully saturated rings. The van der Waals surface area contributed by atoms with Crippen LogP contribution in [0, 0.1) is 0 Å². The van der Waals surface area contributed by atoms with Crippen LogP contribution in [0.25, 0.3) is 26.8 Å². The van der Waals surface area contributed by atoms with Crippen molar-refractivity contribution >= 4 is 32.8 Å². The molecular formula is C16H12N4S2. The van der Waals surface area contributed by atoms with Crippen molar-refractivity contribution in [1.82, 2.24) is 14.4 Å². The number of nitrogen functional groups attached to an aromatic ring is 1. The van der Waals surface area contributed by atoms with Gasteiger partial charge in [-0.2, -0.15) is 0 Å². The zero-order valence-corrected chi connectivity index (χ0v) is 13.2. The summed E-state index contributed by atoms with van der Waals surface area (Å²) < 4.78 is 2.22. The Labute approximate surface area is 134 Å². The average Bonchev–Trinajstić information content (AvgIpc) is 3.18. The Morgan fingerprint density at radius 1 is 1.05 bits per heavy atom. The van der Waals surface area contributed by atoms with Gasteiger partial charge in [-0.15, -0.1) is 11.3 Å². The first kappa shape index (κ1) is 12.4. The predicted octanol–water partition coefficient (Wildman–Crippen LogP) is 3.87. The Kier molecular flexibility index (Phi) is 2.48. The molecule has 1 aliphatic carbocycles. The molecule has 108 valence electrons. The zero-order chi connectivity index (χ0) is 14.7. The number of aryl methyl sites for hydroxylation is 2. The Morgan fingerprint density at radius 3 is 2.77 bits per heavy atom. The molecule has 22 heavy (non-hydrogen) atoms. The molecule has 0 saturated carbocycles. The van der Waals surface area contributed by atoms with Crippen LogP contribution in [-0.4, -0.2) is 14.4 Å². The molecule has 4 nitrogen and oxygen atoms in total. The molecule has 0 bridgehead atoms. The van der Waals surface area contributed by atoms with Crippen molar-refractivity contribution in [2.45, 2.75) is 12.8 Å². The minimum Gasteiger partial charge on any atom is -0.375 e. The van der Waals surface area contributed by atoms with E-state index in [1.807, 2.05) is 18.2 Å². The molecule has 0 atom stereocenters. The second-order valence-electron chi connectivity index (χ2n) is 5.35. The second-order valence-corrected chi connectivity index (χ2v) is 7.44. The molecule has 0 spiro atoms. The number of benzene rings is 1. The van der Waals surface area contributed by atoms with Crippen LogP contribution in [0.5, 0.6) is 0 Å². The number of rotatable bonds is 1. The molecule has 1 aromatic carbocycles. The van der Waals surface area contributed by atoms with E-state index in [1.165, 1.54) is 15.4 Å². The Morgan fingerprint density at radius 2 is 1.91 bits per heavy atom. The van der Waals surface area contributed by atoms with E-state index in [0.717, 1.165) is 34.8 Å². The predicted molar refractivity (Wildman–Crippen MR) is 91.4 cm³/mol. The standard InChI is InChI=1S/C16H12N4S2/c17-15-19-13-12(21-15)7-6-11-14(13)22-16-18-10(8-20(11)16)9-4-2-1-3-5-9/h1-5,8H,6-7H2,(H2,17,19). The molecule has 2 N–H and O–H groups in total. The molecule has 6 heteroatoms. The summed E-state index contributed by atoms with van der Waals surface area (Å²) in [7, 11) is 0. The topological polar surface area (TPSA) is 56.2 Å². The number of anilines is 1. The van der Waals surface area contributed by atoms with E-state index in [4.69, 9.17) is 10.7 Å². The van der Waals surface area contributed by atoms with E-state index in [0.29, 0.717) is 5.13 Å². The quantitative estimate of drug-likeness (QED) is 0.578. The van der Waals surface area contributed by atoms with Crippen molar-refractivity contribution < 1.29 is 0 Å². The summed E-state index contributed by atoms with van der Waals surface area (Å²) in [5.41, 5.74) is 10.4. The average molecular weight is 324 g/mol. The maximum Gasteiger partial charge on any atom is 0.195 e. The third-order valence-corrected chi connectivity index (χ3v) is 6.06. The molecular weight excluding hydrogens is 312 g/mol. The first-order valence-electron chi connectivity index (χ1n) is 7.11. The molecule has 5 rings (SSSR count). The first-order valence-corrected chi connectivity index (χ1v) is 8.74. The highest BCUT2D eigenvalue weighted by Crippen LogP contribution is 2.42. The van der Waals surface area contributed by atoms with Crippen LogP contribution in [-0.2, 0) is 12.8 Å². The van der Waals surface area contributed by atoms with Crippen LogP contribution in [0.1, 0.15) is 10.6 Å². The monoisotopic (exact) mass is 324 g/mol. The van der Waals surface area contributed by atoms with Crippen LogP contribution >= 0.6 is 22.7 Å². The van der Waals surface area contributed by atoms with Gasteiger partial charge in [-0.3, -0.25) is 4.40 Å². The number of fused-ring (bicyclic) bond motifs is 5. The molecule has 3 aromatic heterocycles. The van der Waals surface area contributed by atoms with Crippen molar-refractivity contribution in [3.63, 3.8) is 0 Å². The molecule has 4 aromatic rings. The largest absolute Gasteiger partial charge is 0.375 e. The number of imidazole rings is 1. The lowest BCUT2D eigenvalue weighted by Gasteiger charge is -2.09. The second kappa shape index (κ2) is 4.41. The van der Waals surface area contributed by atoms with Gasteiger partial charge < -0.3 is 5.73 Å². The lowest BCUT2D eigenvalue weighted by molar-refractivity contribution is 0.894. The number of hydrogen-bond donors (Lipinski definition) is 1. The lowest BCUT2D eigenvalue weighted by Crippen LogP contribution is -2.02. The number of aromatic nitrogens is 3. The van der Waals surface area contributed by atoms with Crippen LogP contribution in [0.15, 0.2) is 36.5 Å². The van der Waals surface area contributed by atoms with Crippen molar-refractivity contribution in [2.75, 3.05) is 5.73 Å². The van der Waals surface area contributed by atoms with Crippen LogP contribution in [0.2, 0.25) is 0 Å². The summed E-state index contributed by atoms with van der Waals surface area (Å²) >= 11 is 3.32. The van der Waals surface area contributed by atoms with Gasteiger partial charge in [0.15, 0.2) is 10.1 Å². The van der Waals surface area contributed by atoms with Crippen molar-refractivity contribution in [2.24, 2.45) is 0 Å². The number of nitrogens with two attached hydrogens (primary N) is 1. The molecule has 3 heterocycles. The highest BCUT2D eigenvalue weighted by atomic mass is 32.1. The fourth-order valence-electron chi connectivity index (χ4n) is 3.00. The number of thiazole rings is 2. The van der Waals surface area contributed by atoms with E-state index in [9.17, 15) is 0 Å². The Hall–Kier alpha value is -2.18. The fraction of sp³-hybridized carbons (Fsp3) is 0.125. The summed E-state index contributed by atoms with van der Waals surface area (Å²) in [6, 6.07) is 10.3. The summed E-state index contributed by atoms with van der Waals surface area (Å²) in [5.74, 6) is 0. The SMILES string of the molecule is Nc1nc2c(s1)CCc1c-2sc2nc(-c3ccccc3)cn12. The third-order valence-electron chi connectivity index (χ3n) is 4.01. The van der Waals surface area contributed by atoms with Gasteiger partial charge in [0.25, 0.3) is 0 Å². The highest BCUT2D eigenvalue weighted by molar-refractivity contribution is 7.21. The number of hydrogen-bond acceptors (Lipinski definition) is 5. The van der Waals surface area contributed by atoms with Crippen molar-refractivity contribution in [1.29, 1.82) is 0 Å². The van der Waals surface area contributed by atoms with E-state index < -0.39 is 0 Å². The van der Waals surface area contributed by atoms with Crippen molar-refractivity contribution in [3.8, 4) is 21.8 Å². The van der Waals surface area contributed by atoms with Gasteiger partial charge in [0.1, 0.15) is 0 Å². The van der Waals surface area contributed by atoms with Gasteiger partial charge in [0.05, 0.1) is 16.3 Å². The summed E-state index contributed by atoms with van der Waals surface area (Å²) in [4.78, 5) is 12.9. The van der Waals surface area contributed by atoms with Gasteiger partial charge >= 0.3 is 0 Å². The minimum absolute atomic E-state index is 0.661. The van der Waals surface area contributed by atoms with Gasteiger partial charge in [0, 0.05) is 22.3 Å². The Bertz CT molecular complexity index is 994. The zero-order valence-electron chi connectivity index (χ0n) is 11.6. The molecule has 1 aliphatic rings. The smallest absolute Gasteiger partial charge is 0.195 e. The van der Waals surface area contributed by atoms with Gasteiger partial charge in [0.2, 0.25) is 0 Å². The molecule has 0 saturated heterocycles. The summed E-state index contributed by atoms with van der Waals surface area (Å²) in [5, 5.41) is 0.661.